The number of nitrogens with zero attached hydrogens (tertiary/aromatic N) is 2. The van der Waals surface area contributed by atoms with E-state index in [1.807, 2.05) is 30.3 Å². The van der Waals surface area contributed by atoms with Crippen molar-refractivity contribution >= 4 is 52.0 Å². The summed E-state index contributed by atoms with van der Waals surface area (Å²) >= 11 is 2.40. The first-order valence-corrected chi connectivity index (χ1v) is 20.5. The summed E-state index contributed by atoms with van der Waals surface area (Å²) in [5, 5.41) is 2.29. The van der Waals surface area contributed by atoms with Gasteiger partial charge in [0, 0.05) is 33.6 Å². The van der Waals surface area contributed by atoms with Crippen LogP contribution in [0.1, 0.15) is 81.5 Å². The van der Waals surface area contributed by atoms with Crippen molar-refractivity contribution in [2.45, 2.75) is 71.5 Å². The standard InChI is InChI=1S/C38H45BrN2O4SSi/c1-6-8-24-46(43)41-27-29-26-33(37(42)44-7-2)40-36(28-16-15-17-30(39)25-28)35(29)34(41)22-23-45-47(38(3,4)5,31-18-11-9-12-19-31)32-20-13-10-14-21-32/h9-21,25-26,34H,6-8,22-24,27H2,1-5H3/t34-,46?/m1/s1. The van der Waals surface area contributed by atoms with Gasteiger partial charge in [0.1, 0.15) is 11.4 Å². The number of carbonyl (C=O) groups is 1. The minimum absolute atomic E-state index is 0.162. The molecule has 0 aliphatic carbocycles. The van der Waals surface area contributed by atoms with Crippen molar-refractivity contribution in [2.75, 3.05) is 19.0 Å². The Morgan fingerprint density at radius 1 is 1.00 bits per heavy atom. The fourth-order valence-electron chi connectivity index (χ4n) is 6.67. The van der Waals surface area contributed by atoms with Crippen LogP contribution in [-0.2, 0) is 27.1 Å². The van der Waals surface area contributed by atoms with Gasteiger partial charge in [0.25, 0.3) is 8.32 Å². The van der Waals surface area contributed by atoms with E-state index in [1.54, 1.807) is 6.92 Å². The summed E-state index contributed by atoms with van der Waals surface area (Å²) < 4.78 is 29.7. The van der Waals surface area contributed by atoms with Crippen molar-refractivity contribution in [3.63, 3.8) is 0 Å². The topological polar surface area (TPSA) is 74.7 Å². The molecule has 0 saturated carbocycles. The first-order chi connectivity index (χ1) is 22.6. The van der Waals surface area contributed by atoms with E-state index >= 15 is 0 Å². The lowest BCUT2D eigenvalue weighted by molar-refractivity contribution is 0.0519. The molecule has 47 heavy (non-hydrogen) atoms. The second-order valence-electron chi connectivity index (χ2n) is 12.9. The molecule has 4 aromatic rings. The van der Waals surface area contributed by atoms with Gasteiger partial charge in [0.2, 0.25) is 0 Å². The molecule has 6 nitrogen and oxygen atoms in total. The number of fused-ring (bicyclic) bond motifs is 1. The molecule has 1 aliphatic heterocycles. The summed E-state index contributed by atoms with van der Waals surface area (Å²) in [5.41, 5.74) is 3.84. The fourth-order valence-corrected chi connectivity index (χ4v) is 13.2. The van der Waals surface area contributed by atoms with E-state index in [-0.39, 0.29) is 23.4 Å². The Morgan fingerprint density at radius 3 is 2.23 bits per heavy atom. The number of benzene rings is 3. The highest BCUT2D eigenvalue weighted by Gasteiger charge is 2.50. The van der Waals surface area contributed by atoms with Crippen LogP contribution in [0.15, 0.2) is 95.5 Å². The van der Waals surface area contributed by atoms with Crippen LogP contribution in [0.2, 0.25) is 5.04 Å². The lowest BCUT2D eigenvalue weighted by Gasteiger charge is -2.43. The zero-order valence-corrected chi connectivity index (χ0v) is 31.4. The minimum atomic E-state index is -2.78. The molecule has 3 aromatic carbocycles. The van der Waals surface area contributed by atoms with Gasteiger partial charge in [-0.05, 0) is 58.9 Å². The number of hydrogen-bond donors (Lipinski definition) is 0. The average Bonchev–Trinajstić information content (AvgIpc) is 3.44. The Hall–Kier alpha value is -2.79. The normalized spacial score (nSPS) is 15.8. The number of ether oxygens (including phenoxy) is 1. The smallest absolute Gasteiger partial charge is 0.356 e. The number of esters is 1. The van der Waals surface area contributed by atoms with Crippen LogP contribution in [0.5, 0.6) is 0 Å². The summed E-state index contributed by atoms with van der Waals surface area (Å²) in [6, 6.07) is 30.9. The first kappa shape index (κ1) is 35.5. The molecule has 0 amide bonds. The first-order valence-electron chi connectivity index (χ1n) is 16.5. The van der Waals surface area contributed by atoms with Crippen molar-refractivity contribution in [3.8, 4) is 11.3 Å². The Balaban J connectivity index is 1.60. The number of rotatable bonds is 13. The van der Waals surface area contributed by atoms with Crippen molar-refractivity contribution in [3.05, 3.63) is 112 Å². The predicted octanol–water partition coefficient (Wildman–Crippen LogP) is 7.98. The average molecular weight is 734 g/mol. The number of carbonyl (C=O) groups excluding carboxylic acids is 1. The summed E-state index contributed by atoms with van der Waals surface area (Å²) in [4.78, 5) is 17.9. The third kappa shape index (κ3) is 7.61. The lowest BCUT2D eigenvalue weighted by Crippen LogP contribution is -2.66. The van der Waals surface area contributed by atoms with Crippen molar-refractivity contribution < 1.29 is 18.5 Å². The largest absolute Gasteiger partial charge is 0.598 e. The van der Waals surface area contributed by atoms with Crippen molar-refractivity contribution in [2.24, 2.45) is 0 Å². The maximum Gasteiger partial charge on any atom is 0.356 e. The van der Waals surface area contributed by atoms with E-state index in [4.69, 9.17) is 14.1 Å². The van der Waals surface area contributed by atoms with Gasteiger partial charge < -0.3 is 13.7 Å². The Labute approximate surface area is 292 Å². The van der Waals surface area contributed by atoms with Crippen LogP contribution < -0.4 is 10.4 Å². The zero-order valence-electron chi connectivity index (χ0n) is 28.0. The van der Waals surface area contributed by atoms with Crippen LogP contribution in [0, 0.1) is 0 Å². The maximum absolute atomic E-state index is 14.0. The van der Waals surface area contributed by atoms with Gasteiger partial charge in [-0.1, -0.05) is 123 Å². The summed E-state index contributed by atoms with van der Waals surface area (Å²) in [5.74, 6) is 0.129. The third-order valence-corrected chi connectivity index (χ3v) is 15.9. The monoisotopic (exact) mass is 732 g/mol. The molecule has 0 bridgehead atoms. The molecular formula is C38H45BrN2O4SSi. The highest BCUT2D eigenvalue weighted by atomic mass is 79.9. The van der Waals surface area contributed by atoms with E-state index in [0.717, 1.165) is 39.7 Å². The molecule has 2 heterocycles. The van der Waals surface area contributed by atoms with E-state index < -0.39 is 25.6 Å². The second kappa shape index (κ2) is 15.6. The van der Waals surface area contributed by atoms with Crippen molar-refractivity contribution in [1.29, 1.82) is 0 Å². The molecule has 2 atom stereocenters. The maximum atomic E-state index is 14.0. The molecule has 0 radical (unpaired) electrons. The molecule has 248 valence electrons. The summed E-state index contributed by atoms with van der Waals surface area (Å²) in [7, 11) is -2.78. The highest BCUT2D eigenvalue weighted by Crippen LogP contribution is 2.45. The fraction of sp³-hybridized carbons (Fsp3) is 0.368. The van der Waals surface area contributed by atoms with Gasteiger partial charge in [0.05, 0.1) is 24.9 Å². The van der Waals surface area contributed by atoms with Gasteiger partial charge >= 0.3 is 5.97 Å². The molecule has 1 aliphatic rings. The Bertz CT molecular complexity index is 1610. The van der Waals surface area contributed by atoms with Crippen LogP contribution in [-0.4, -0.2) is 47.1 Å². The number of pyridine rings is 1. The minimum Gasteiger partial charge on any atom is -0.598 e. The summed E-state index contributed by atoms with van der Waals surface area (Å²) in [6.45, 7) is 11.9. The zero-order chi connectivity index (χ0) is 33.6. The van der Waals surface area contributed by atoms with E-state index in [2.05, 4.69) is 109 Å². The van der Waals surface area contributed by atoms with Crippen LogP contribution in [0.4, 0.5) is 0 Å². The predicted molar refractivity (Wildman–Crippen MR) is 198 cm³/mol. The SMILES string of the molecule is CCCC[S+]([O-])N1Cc2cc(C(=O)OCC)nc(-c3cccc(Br)c3)c2[C@H]1CCO[Si](c1ccccc1)(c1ccccc1)C(C)(C)C. The molecule has 5 rings (SSSR count). The molecule has 9 heteroatoms. The van der Waals surface area contributed by atoms with Gasteiger partial charge in [-0.3, -0.25) is 0 Å². The lowest BCUT2D eigenvalue weighted by atomic mass is 9.96. The number of unbranched alkanes of at least 4 members (excludes halogenated alkanes) is 1. The molecule has 1 aromatic heterocycles. The van der Waals surface area contributed by atoms with Gasteiger partial charge in [-0.25, -0.2) is 9.78 Å². The highest BCUT2D eigenvalue weighted by molar-refractivity contribution is 9.10. The van der Waals surface area contributed by atoms with E-state index in [1.165, 1.54) is 10.4 Å². The molecule has 0 fully saturated rings. The van der Waals surface area contributed by atoms with E-state index in [9.17, 15) is 9.35 Å². The molecule has 1 unspecified atom stereocenters. The Morgan fingerprint density at radius 2 is 1.66 bits per heavy atom. The van der Waals surface area contributed by atoms with Crippen LogP contribution in [0.3, 0.4) is 0 Å². The molecule has 0 N–H and O–H groups in total. The van der Waals surface area contributed by atoms with Crippen LogP contribution >= 0.6 is 15.9 Å². The third-order valence-electron chi connectivity index (χ3n) is 8.79. The quantitative estimate of drug-likeness (QED) is 0.0789. The van der Waals surface area contributed by atoms with Gasteiger partial charge in [0.15, 0.2) is 0 Å². The van der Waals surface area contributed by atoms with Crippen molar-refractivity contribution in [1.82, 2.24) is 9.29 Å². The number of halogens is 1. The number of aromatic nitrogens is 1. The Kier molecular flexibility index (Phi) is 11.8. The second-order valence-corrected chi connectivity index (χ2v) is 19.7. The van der Waals surface area contributed by atoms with Crippen LogP contribution in [0.25, 0.3) is 11.3 Å². The molecule has 0 saturated heterocycles. The molecular weight excluding hydrogens is 688 g/mol. The van der Waals surface area contributed by atoms with E-state index in [0.29, 0.717) is 25.3 Å². The van der Waals surface area contributed by atoms with Gasteiger partial charge in [-0.15, -0.1) is 4.31 Å². The summed E-state index contributed by atoms with van der Waals surface area (Å²) in [6.07, 6.45) is 2.46. The van der Waals surface area contributed by atoms with Gasteiger partial charge in [-0.2, -0.15) is 0 Å². The number of hydrogen-bond acceptors (Lipinski definition) is 6. The molecule has 0 spiro atoms.